The molecule has 1 N–H and O–H groups in total. The van der Waals surface area contributed by atoms with Crippen molar-refractivity contribution in [2.75, 3.05) is 20.3 Å². The molecule has 222 valence electrons. The summed E-state index contributed by atoms with van der Waals surface area (Å²) in [4.78, 5) is 32.5. The number of fused-ring (bicyclic) bond motifs is 1. The predicted octanol–water partition coefficient (Wildman–Crippen LogP) is 6.01. The van der Waals surface area contributed by atoms with E-state index in [-0.39, 0.29) is 47.7 Å². The molecule has 5 aromatic rings. The van der Waals surface area contributed by atoms with Crippen molar-refractivity contribution in [3.8, 4) is 28.5 Å². The van der Waals surface area contributed by atoms with Crippen molar-refractivity contribution in [3.05, 3.63) is 99.3 Å². The van der Waals surface area contributed by atoms with Crippen molar-refractivity contribution in [2.24, 2.45) is 0 Å². The number of hydrogen-bond donors (Lipinski definition) is 1. The molecule has 11 heteroatoms. The van der Waals surface area contributed by atoms with Crippen molar-refractivity contribution in [1.29, 1.82) is 0 Å². The monoisotopic (exact) mass is 589 g/mol. The van der Waals surface area contributed by atoms with E-state index in [4.69, 9.17) is 18.7 Å². The molecule has 9 nitrogen and oxygen atoms in total. The highest BCUT2D eigenvalue weighted by atomic mass is 19.1. The number of aromatic amines is 1. The number of methoxy groups -OCH3 is 1. The summed E-state index contributed by atoms with van der Waals surface area (Å²) >= 11 is 0. The van der Waals surface area contributed by atoms with Gasteiger partial charge in [-0.25, -0.2) is 13.8 Å². The number of H-pyrrole nitrogens is 1. The van der Waals surface area contributed by atoms with Crippen molar-refractivity contribution in [1.82, 2.24) is 15.1 Å². The van der Waals surface area contributed by atoms with Gasteiger partial charge in [0.1, 0.15) is 11.1 Å². The second-order valence-corrected chi connectivity index (χ2v) is 9.72. The third-order valence-electron chi connectivity index (χ3n) is 6.89. The highest BCUT2D eigenvalue weighted by Gasteiger charge is 2.19. The van der Waals surface area contributed by atoms with E-state index in [0.717, 1.165) is 22.8 Å². The maximum atomic E-state index is 14.8. The fourth-order valence-electron chi connectivity index (χ4n) is 4.71. The van der Waals surface area contributed by atoms with Crippen LogP contribution >= 0.6 is 0 Å². The molecule has 0 aliphatic heterocycles. The molecule has 0 saturated heterocycles. The zero-order valence-electron chi connectivity index (χ0n) is 23.8. The minimum Gasteiger partial charge on any atom is -0.494 e. The number of ketones is 1. The van der Waals surface area contributed by atoms with Gasteiger partial charge in [0, 0.05) is 12.8 Å². The van der Waals surface area contributed by atoms with Crippen LogP contribution in [0.3, 0.4) is 0 Å². The van der Waals surface area contributed by atoms with Gasteiger partial charge < -0.3 is 23.7 Å². The molecule has 0 amide bonds. The van der Waals surface area contributed by atoms with Gasteiger partial charge in [0.2, 0.25) is 0 Å². The average Bonchev–Trinajstić information content (AvgIpc) is 3.37. The largest absolute Gasteiger partial charge is 0.494 e. The minimum absolute atomic E-state index is 0.0101. The van der Waals surface area contributed by atoms with E-state index >= 15 is 0 Å². The molecule has 0 bridgehead atoms. The zero-order valence-corrected chi connectivity index (χ0v) is 23.8. The van der Waals surface area contributed by atoms with E-state index in [9.17, 15) is 18.4 Å². The van der Waals surface area contributed by atoms with Crippen LogP contribution in [0.4, 0.5) is 8.78 Å². The van der Waals surface area contributed by atoms with Gasteiger partial charge in [0.15, 0.2) is 34.7 Å². The van der Waals surface area contributed by atoms with Gasteiger partial charge in [-0.05, 0) is 66.4 Å². The third-order valence-corrected chi connectivity index (χ3v) is 6.89. The molecule has 43 heavy (non-hydrogen) atoms. The van der Waals surface area contributed by atoms with Gasteiger partial charge in [0.25, 0.3) is 11.4 Å². The number of carbonyl (C=O) groups excluding carboxylic acids is 1. The number of nitrogens with zero attached hydrogens (tertiary/aromatic N) is 2. The van der Waals surface area contributed by atoms with Gasteiger partial charge in [0.05, 0.1) is 31.4 Å². The number of aromatic nitrogens is 3. The van der Waals surface area contributed by atoms with Gasteiger partial charge in [-0.1, -0.05) is 30.3 Å². The number of nitrogens with one attached hydrogen (secondary N) is 1. The lowest BCUT2D eigenvalue weighted by Gasteiger charge is -2.11. The number of carbonyl (C=O) groups is 1. The SMILES string of the molecule is CCOc1noc(C)c1-c1ccc(CCOc2c(F)ccc3nc(C(=O)CCc4ccc(F)c(OC)c4)[nH]c(=O)c23)cc1. The third kappa shape index (κ3) is 6.40. The summed E-state index contributed by atoms with van der Waals surface area (Å²) in [7, 11) is 1.36. The first-order chi connectivity index (χ1) is 20.8. The highest BCUT2D eigenvalue weighted by Crippen LogP contribution is 2.33. The van der Waals surface area contributed by atoms with Crippen molar-refractivity contribution in [2.45, 2.75) is 33.1 Å². The fraction of sp³-hybridized carbons (Fsp3) is 0.250. The topological polar surface area (TPSA) is 117 Å². The van der Waals surface area contributed by atoms with Crippen LogP contribution in [0.25, 0.3) is 22.0 Å². The number of rotatable bonds is 12. The standard InChI is InChI=1S/C32H29F2N3O6/c1-4-41-32-27(18(2)43-37-32)21-9-5-19(6-10-21)15-16-42-29-23(34)12-13-24-28(29)31(39)36-30(35-24)25(38)14-8-20-7-11-22(33)26(17-20)40-3/h5-7,9-13,17H,4,8,14-16H2,1-3H3,(H,35,36,39). The summed E-state index contributed by atoms with van der Waals surface area (Å²) in [5.41, 5.74) is 2.71. The molecule has 2 heterocycles. The quantitative estimate of drug-likeness (QED) is 0.176. The fourth-order valence-corrected chi connectivity index (χ4v) is 4.71. The Balaban J connectivity index is 1.27. The van der Waals surface area contributed by atoms with Gasteiger partial charge in [-0.15, -0.1) is 0 Å². The second kappa shape index (κ2) is 12.8. The van der Waals surface area contributed by atoms with Gasteiger partial charge in [-0.2, -0.15) is 0 Å². The Morgan fingerprint density at radius 2 is 1.72 bits per heavy atom. The first-order valence-corrected chi connectivity index (χ1v) is 13.7. The Kier molecular flexibility index (Phi) is 8.79. The van der Waals surface area contributed by atoms with Crippen LogP contribution < -0.4 is 19.8 Å². The van der Waals surface area contributed by atoms with E-state index in [0.29, 0.717) is 30.2 Å². The first-order valence-electron chi connectivity index (χ1n) is 13.7. The number of Topliss-reactive ketones (excluding diaryl/α,β-unsaturated/α-hetero) is 1. The summed E-state index contributed by atoms with van der Waals surface area (Å²) in [6.45, 7) is 4.23. The first kappa shape index (κ1) is 29.4. The Hall–Kier alpha value is -5.06. The highest BCUT2D eigenvalue weighted by molar-refractivity contribution is 5.95. The normalized spacial score (nSPS) is 11.1. The van der Waals surface area contributed by atoms with E-state index < -0.39 is 23.0 Å². The Morgan fingerprint density at radius 1 is 0.977 bits per heavy atom. The van der Waals surface area contributed by atoms with Crippen LogP contribution in [0.5, 0.6) is 17.4 Å². The Morgan fingerprint density at radius 3 is 2.47 bits per heavy atom. The number of hydrogen-bond acceptors (Lipinski definition) is 8. The molecule has 0 saturated carbocycles. The van der Waals surface area contributed by atoms with Gasteiger partial charge in [-0.3, -0.25) is 9.59 Å². The number of ether oxygens (including phenoxy) is 3. The maximum Gasteiger partial charge on any atom is 0.263 e. The lowest BCUT2D eigenvalue weighted by Crippen LogP contribution is -2.18. The summed E-state index contributed by atoms with van der Waals surface area (Å²) < 4.78 is 50.0. The smallest absolute Gasteiger partial charge is 0.263 e. The summed E-state index contributed by atoms with van der Waals surface area (Å²) in [6, 6.07) is 14.5. The molecular formula is C32H29F2N3O6. The van der Waals surface area contributed by atoms with Crippen LogP contribution in [-0.2, 0) is 12.8 Å². The van der Waals surface area contributed by atoms with Crippen LogP contribution in [0.2, 0.25) is 0 Å². The number of aryl methyl sites for hydroxylation is 2. The summed E-state index contributed by atoms with van der Waals surface area (Å²) in [5, 5.41) is 3.87. The zero-order chi connectivity index (χ0) is 30.5. The predicted molar refractivity (Wildman–Crippen MR) is 155 cm³/mol. The molecule has 3 aromatic carbocycles. The molecule has 0 radical (unpaired) electrons. The number of halogens is 2. The van der Waals surface area contributed by atoms with Crippen LogP contribution in [0.1, 0.15) is 40.9 Å². The van der Waals surface area contributed by atoms with Gasteiger partial charge >= 0.3 is 0 Å². The molecule has 5 rings (SSSR count). The van der Waals surface area contributed by atoms with Crippen LogP contribution in [0.15, 0.2) is 63.9 Å². The lowest BCUT2D eigenvalue weighted by atomic mass is 10.0. The van der Waals surface area contributed by atoms with Crippen molar-refractivity contribution in [3.63, 3.8) is 0 Å². The van der Waals surface area contributed by atoms with Crippen molar-refractivity contribution < 1.29 is 32.3 Å². The molecule has 0 fully saturated rings. The molecule has 0 atom stereocenters. The molecule has 2 aromatic heterocycles. The average molecular weight is 590 g/mol. The molecule has 0 spiro atoms. The Bertz CT molecular complexity index is 1830. The Labute approximate surface area is 245 Å². The van der Waals surface area contributed by atoms with E-state index in [1.165, 1.54) is 25.3 Å². The van der Waals surface area contributed by atoms with E-state index in [1.807, 2.05) is 38.1 Å². The number of benzene rings is 3. The summed E-state index contributed by atoms with van der Waals surface area (Å²) in [6.07, 6.45) is 0.728. The van der Waals surface area contributed by atoms with E-state index in [2.05, 4.69) is 15.1 Å². The summed E-state index contributed by atoms with van der Waals surface area (Å²) in [5.74, 6) is -0.884. The minimum atomic E-state index is -0.717. The molecular weight excluding hydrogens is 560 g/mol. The lowest BCUT2D eigenvalue weighted by molar-refractivity contribution is 0.0973. The maximum absolute atomic E-state index is 14.8. The van der Waals surface area contributed by atoms with Crippen LogP contribution in [0, 0.1) is 18.6 Å². The van der Waals surface area contributed by atoms with Crippen molar-refractivity contribution >= 4 is 16.7 Å². The molecule has 0 aliphatic carbocycles. The molecule has 0 unspecified atom stereocenters. The second-order valence-electron chi connectivity index (χ2n) is 9.72. The molecule has 0 aliphatic rings. The van der Waals surface area contributed by atoms with Crippen LogP contribution in [-0.4, -0.2) is 41.2 Å². The van der Waals surface area contributed by atoms with E-state index in [1.54, 1.807) is 6.07 Å².